The van der Waals surface area contributed by atoms with E-state index in [4.69, 9.17) is 17.3 Å². The molecule has 0 fully saturated rings. The summed E-state index contributed by atoms with van der Waals surface area (Å²) in [5.41, 5.74) is 6.06. The molecule has 0 bridgehead atoms. The number of hydrogen-bond acceptors (Lipinski definition) is 3. The molecule has 4 nitrogen and oxygen atoms in total. The second-order valence-corrected chi connectivity index (χ2v) is 4.00. The normalized spacial score (nSPS) is 10.4. The van der Waals surface area contributed by atoms with E-state index in [1.165, 1.54) is 6.20 Å². The number of aromatic nitrogens is 3. The highest BCUT2D eigenvalue weighted by atomic mass is 79.9. The first-order chi connectivity index (χ1) is 6.66. The van der Waals surface area contributed by atoms with Crippen molar-refractivity contribution >= 4 is 33.2 Å². The number of nitrogens with two attached hydrogens (primary N) is 1. The van der Waals surface area contributed by atoms with Crippen molar-refractivity contribution in [1.82, 2.24) is 14.8 Å². The molecule has 0 aliphatic carbocycles. The van der Waals surface area contributed by atoms with Gasteiger partial charge in [0.2, 0.25) is 0 Å². The molecule has 0 spiro atoms. The Kier molecular flexibility index (Phi) is 2.43. The Morgan fingerprint density at radius 2 is 2.21 bits per heavy atom. The number of anilines is 1. The number of halogens is 2. The first-order valence-electron chi connectivity index (χ1n) is 3.78. The first-order valence-corrected chi connectivity index (χ1v) is 4.95. The van der Waals surface area contributed by atoms with Crippen LogP contribution < -0.4 is 5.73 Å². The van der Waals surface area contributed by atoms with Gasteiger partial charge in [-0.25, -0.2) is 9.67 Å². The van der Waals surface area contributed by atoms with Crippen LogP contribution in [0.25, 0.3) is 5.82 Å². The first kappa shape index (κ1) is 9.48. The van der Waals surface area contributed by atoms with Crippen LogP contribution in [0.5, 0.6) is 0 Å². The molecule has 2 N–H and O–H groups in total. The highest BCUT2D eigenvalue weighted by Gasteiger charge is 2.05. The van der Waals surface area contributed by atoms with Gasteiger partial charge in [0.15, 0.2) is 5.82 Å². The summed E-state index contributed by atoms with van der Waals surface area (Å²) in [6.07, 6.45) is 4.97. The molecule has 2 aromatic rings. The lowest BCUT2D eigenvalue weighted by molar-refractivity contribution is 0.847. The fraction of sp³-hybridized carbons (Fsp3) is 0. The molecule has 14 heavy (non-hydrogen) atoms. The van der Waals surface area contributed by atoms with Crippen LogP contribution in [0.3, 0.4) is 0 Å². The minimum Gasteiger partial charge on any atom is -0.397 e. The van der Waals surface area contributed by atoms with Crippen molar-refractivity contribution in [3.63, 3.8) is 0 Å². The smallest absolute Gasteiger partial charge is 0.172 e. The lowest BCUT2D eigenvalue weighted by Gasteiger charge is -2.02. The van der Waals surface area contributed by atoms with Crippen molar-refractivity contribution in [2.24, 2.45) is 0 Å². The number of pyridine rings is 1. The van der Waals surface area contributed by atoms with E-state index in [-0.39, 0.29) is 0 Å². The van der Waals surface area contributed by atoms with Gasteiger partial charge in [0.1, 0.15) is 0 Å². The lowest BCUT2D eigenvalue weighted by Crippen LogP contribution is -1.99. The predicted molar refractivity (Wildman–Crippen MR) is 58.5 cm³/mol. The van der Waals surface area contributed by atoms with E-state index in [2.05, 4.69) is 26.0 Å². The monoisotopic (exact) mass is 272 g/mol. The van der Waals surface area contributed by atoms with Crippen molar-refractivity contribution in [2.45, 2.75) is 0 Å². The molecule has 0 aliphatic heterocycles. The van der Waals surface area contributed by atoms with E-state index in [1.54, 1.807) is 23.1 Å². The van der Waals surface area contributed by atoms with E-state index in [0.29, 0.717) is 16.5 Å². The maximum atomic E-state index is 5.95. The van der Waals surface area contributed by atoms with Crippen LogP contribution in [0, 0.1) is 0 Å². The zero-order valence-electron chi connectivity index (χ0n) is 6.98. The molecule has 0 amide bonds. The Balaban J connectivity index is 2.52. The summed E-state index contributed by atoms with van der Waals surface area (Å²) in [5, 5.41) is 4.53. The summed E-state index contributed by atoms with van der Waals surface area (Å²) in [5.74, 6) is 0.562. The second-order valence-electron chi connectivity index (χ2n) is 2.68. The Labute approximate surface area is 93.8 Å². The van der Waals surface area contributed by atoms with Crippen LogP contribution in [0.2, 0.25) is 5.02 Å². The molecular formula is C8H6BrClN4. The Morgan fingerprint density at radius 3 is 2.79 bits per heavy atom. The average Bonchev–Trinajstić information content (AvgIpc) is 2.51. The van der Waals surface area contributed by atoms with Crippen molar-refractivity contribution in [3.8, 4) is 5.82 Å². The molecule has 0 aromatic carbocycles. The zero-order chi connectivity index (χ0) is 10.1. The summed E-state index contributed by atoms with van der Waals surface area (Å²) in [6.45, 7) is 0. The van der Waals surface area contributed by atoms with Crippen LogP contribution in [0.1, 0.15) is 0 Å². The van der Waals surface area contributed by atoms with Crippen LogP contribution in [-0.4, -0.2) is 14.8 Å². The molecule has 0 atom stereocenters. The van der Waals surface area contributed by atoms with E-state index in [0.717, 1.165) is 4.47 Å². The van der Waals surface area contributed by atoms with Crippen LogP contribution >= 0.6 is 27.5 Å². The Bertz CT molecular complexity index is 468. The number of rotatable bonds is 1. The summed E-state index contributed by atoms with van der Waals surface area (Å²) < 4.78 is 2.44. The fourth-order valence-electron chi connectivity index (χ4n) is 1.03. The number of hydrogen-bond donors (Lipinski definition) is 1. The van der Waals surface area contributed by atoms with E-state index < -0.39 is 0 Å². The highest BCUT2D eigenvalue weighted by Crippen LogP contribution is 2.20. The summed E-state index contributed by atoms with van der Waals surface area (Å²) in [7, 11) is 0. The van der Waals surface area contributed by atoms with Gasteiger partial charge in [0.25, 0.3) is 0 Å². The minimum atomic E-state index is 0.473. The maximum absolute atomic E-state index is 5.95. The third-order valence-electron chi connectivity index (χ3n) is 1.61. The molecule has 2 rings (SSSR count). The van der Waals surface area contributed by atoms with Crippen LogP contribution in [0.4, 0.5) is 5.69 Å². The van der Waals surface area contributed by atoms with Crippen LogP contribution in [0.15, 0.2) is 29.1 Å². The van der Waals surface area contributed by atoms with Crippen molar-refractivity contribution in [1.29, 1.82) is 0 Å². The van der Waals surface area contributed by atoms with Gasteiger partial charge in [-0.05, 0) is 22.0 Å². The maximum Gasteiger partial charge on any atom is 0.172 e. The van der Waals surface area contributed by atoms with Gasteiger partial charge in [-0.15, -0.1) is 0 Å². The molecule has 0 saturated heterocycles. The largest absolute Gasteiger partial charge is 0.397 e. The molecular weight excluding hydrogens is 267 g/mol. The number of nitrogen functional groups attached to an aromatic ring is 1. The van der Waals surface area contributed by atoms with Crippen molar-refractivity contribution < 1.29 is 0 Å². The van der Waals surface area contributed by atoms with Gasteiger partial charge >= 0.3 is 0 Å². The Hall–Kier alpha value is -1.07. The van der Waals surface area contributed by atoms with Crippen LogP contribution in [-0.2, 0) is 0 Å². The lowest BCUT2D eigenvalue weighted by atomic mass is 10.4. The molecule has 0 unspecified atom stereocenters. The third kappa shape index (κ3) is 1.73. The molecule has 6 heteroatoms. The highest BCUT2D eigenvalue weighted by molar-refractivity contribution is 9.10. The predicted octanol–water partition coefficient (Wildman–Crippen LogP) is 2.27. The molecule has 72 valence electrons. The van der Waals surface area contributed by atoms with Gasteiger partial charge in [0, 0.05) is 6.20 Å². The quantitative estimate of drug-likeness (QED) is 0.867. The van der Waals surface area contributed by atoms with Gasteiger partial charge in [0.05, 0.1) is 27.6 Å². The van der Waals surface area contributed by atoms with Gasteiger partial charge < -0.3 is 5.73 Å². The SMILES string of the molecule is Nc1cnc(-n2cc(Br)cn2)c(Cl)c1. The molecule has 0 radical (unpaired) electrons. The number of nitrogens with zero attached hydrogens (tertiary/aromatic N) is 3. The summed E-state index contributed by atoms with van der Waals surface area (Å²) >= 11 is 9.24. The minimum absolute atomic E-state index is 0.473. The Morgan fingerprint density at radius 1 is 1.43 bits per heavy atom. The van der Waals surface area contributed by atoms with Gasteiger partial charge in [-0.1, -0.05) is 11.6 Å². The average molecular weight is 274 g/mol. The van der Waals surface area contributed by atoms with E-state index in [9.17, 15) is 0 Å². The standard InChI is InChI=1S/C8H6BrClN4/c9-5-2-13-14(4-5)8-7(10)1-6(11)3-12-8/h1-4H,11H2. The third-order valence-corrected chi connectivity index (χ3v) is 2.30. The molecule has 2 heterocycles. The fourth-order valence-corrected chi connectivity index (χ4v) is 1.58. The molecule has 2 aromatic heterocycles. The zero-order valence-corrected chi connectivity index (χ0v) is 9.33. The summed E-state index contributed by atoms with van der Waals surface area (Å²) in [4.78, 5) is 4.08. The topological polar surface area (TPSA) is 56.7 Å². The van der Waals surface area contributed by atoms with Gasteiger partial charge in [-0.3, -0.25) is 0 Å². The molecule has 0 saturated carbocycles. The molecule has 0 aliphatic rings. The van der Waals surface area contributed by atoms with Gasteiger partial charge in [-0.2, -0.15) is 5.10 Å². The van der Waals surface area contributed by atoms with Crippen molar-refractivity contribution in [3.05, 3.63) is 34.2 Å². The van der Waals surface area contributed by atoms with E-state index in [1.807, 2.05) is 0 Å². The van der Waals surface area contributed by atoms with E-state index >= 15 is 0 Å². The van der Waals surface area contributed by atoms with Crippen molar-refractivity contribution in [2.75, 3.05) is 5.73 Å². The second kappa shape index (κ2) is 3.59. The summed E-state index contributed by atoms with van der Waals surface area (Å²) in [6, 6.07) is 1.64.